The van der Waals surface area contributed by atoms with Gasteiger partial charge in [0.25, 0.3) is 0 Å². The van der Waals surface area contributed by atoms with Gasteiger partial charge in [-0.3, -0.25) is 10.5 Å². The van der Waals surface area contributed by atoms with Gasteiger partial charge in [-0.25, -0.2) is 0 Å². The second-order valence-electron chi connectivity index (χ2n) is 3.45. The minimum absolute atomic E-state index is 0. The van der Waals surface area contributed by atoms with Crippen LogP contribution in [0.15, 0.2) is 0 Å². The molecule has 67 valence electrons. The van der Waals surface area contributed by atoms with Crippen molar-refractivity contribution in [3.63, 3.8) is 0 Å². The number of hydrogen-bond donors (Lipinski definition) is 0. The number of halogens is 1. The highest BCUT2D eigenvalue weighted by atomic mass is 35.5. The summed E-state index contributed by atoms with van der Waals surface area (Å²) in [5.74, 6) is -0.499. The first kappa shape index (κ1) is 13.3. The van der Waals surface area contributed by atoms with E-state index in [0.29, 0.717) is 6.54 Å². The molecule has 1 amide bonds. The average molecular weight is 180 g/mol. The van der Waals surface area contributed by atoms with Crippen LogP contribution >= 0.6 is 12.4 Å². The molecule has 0 unspecified atom stereocenters. The van der Waals surface area contributed by atoms with E-state index in [-0.39, 0.29) is 12.4 Å². The van der Waals surface area contributed by atoms with Crippen LogP contribution < -0.4 is 5.73 Å². The SMILES string of the molecule is CN(C)CC(C)(C)C([NH])=O.Cl. The van der Waals surface area contributed by atoms with Crippen molar-refractivity contribution in [3.8, 4) is 0 Å². The molecule has 0 heterocycles. The maximum absolute atomic E-state index is 10.6. The summed E-state index contributed by atoms with van der Waals surface area (Å²) in [6, 6.07) is 0. The molecular formula is C7H16ClN2O. The van der Waals surface area contributed by atoms with E-state index >= 15 is 0 Å². The average Bonchev–Trinajstić information content (AvgIpc) is 1.60. The van der Waals surface area contributed by atoms with Crippen molar-refractivity contribution in [2.75, 3.05) is 20.6 Å². The molecule has 0 aliphatic heterocycles. The second-order valence-corrected chi connectivity index (χ2v) is 3.45. The Bertz CT molecular complexity index is 134. The van der Waals surface area contributed by atoms with Gasteiger partial charge in [0.15, 0.2) is 0 Å². The van der Waals surface area contributed by atoms with Crippen LogP contribution in [0.5, 0.6) is 0 Å². The number of nitrogens with zero attached hydrogens (tertiary/aromatic N) is 1. The highest BCUT2D eigenvalue weighted by Gasteiger charge is 2.25. The van der Waals surface area contributed by atoms with E-state index in [0.717, 1.165) is 0 Å². The molecule has 0 fully saturated rings. The summed E-state index contributed by atoms with van der Waals surface area (Å²) in [6.07, 6.45) is 0. The Balaban J connectivity index is 0. The smallest absolute Gasteiger partial charge is 0.245 e. The summed E-state index contributed by atoms with van der Waals surface area (Å²) in [7, 11) is 3.79. The minimum Gasteiger partial charge on any atom is -0.308 e. The first-order valence-corrected chi connectivity index (χ1v) is 3.27. The third-order valence-corrected chi connectivity index (χ3v) is 1.33. The number of hydrogen-bond acceptors (Lipinski definition) is 2. The van der Waals surface area contributed by atoms with E-state index in [1.54, 1.807) is 13.8 Å². The number of nitrogens with one attached hydrogen (secondary N) is 1. The quantitative estimate of drug-likeness (QED) is 0.644. The van der Waals surface area contributed by atoms with Crippen molar-refractivity contribution in [3.05, 3.63) is 0 Å². The third kappa shape index (κ3) is 5.04. The van der Waals surface area contributed by atoms with Gasteiger partial charge in [-0.05, 0) is 27.9 Å². The fourth-order valence-electron chi connectivity index (χ4n) is 0.862. The van der Waals surface area contributed by atoms with Crippen molar-refractivity contribution in [1.82, 2.24) is 10.6 Å². The van der Waals surface area contributed by atoms with Crippen LogP contribution in [0.3, 0.4) is 0 Å². The summed E-state index contributed by atoms with van der Waals surface area (Å²) in [5.41, 5.74) is 6.38. The fourth-order valence-corrected chi connectivity index (χ4v) is 0.862. The molecule has 0 aromatic heterocycles. The van der Waals surface area contributed by atoms with Gasteiger partial charge in [0.05, 0.1) is 5.41 Å². The molecule has 3 nitrogen and oxygen atoms in total. The molecule has 4 heteroatoms. The van der Waals surface area contributed by atoms with Gasteiger partial charge >= 0.3 is 0 Å². The van der Waals surface area contributed by atoms with Gasteiger partial charge in [-0.1, -0.05) is 0 Å². The minimum atomic E-state index is -0.524. The lowest BCUT2D eigenvalue weighted by Crippen LogP contribution is -2.36. The molecular weight excluding hydrogens is 164 g/mol. The molecule has 0 aliphatic rings. The Kier molecular flexibility index (Phi) is 5.53. The van der Waals surface area contributed by atoms with Crippen LogP contribution in [0.25, 0.3) is 0 Å². The fraction of sp³-hybridized carbons (Fsp3) is 0.857. The molecule has 0 saturated carbocycles. The van der Waals surface area contributed by atoms with E-state index < -0.39 is 11.3 Å². The lowest BCUT2D eigenvalue weighted by Gasteiger charge is -2.23. The van der Waals surface area contributed by atoms with Crippen LogP contribution in [0, 0.1) is 5.41 Å². The van der Waals surface area contributed by atoms with E-state index in [1.807, 2.05) is 19.0 Å². The molecule has 1 radical (unpaired) electrons. The molecule has 0 spiro atoms. The number of carbonyl (C=O) groups is 1. The molecule has 1 N–H and O–H groups in total. The summed E-state index contributed by atoms with van der Waals surface area (Å²) >= 11 is 0. The number of amides is 1. The Morgan fingerprint density at radius 1 is 1.45 bits per heavy atom. The van der Waals surface area contributed by atoms with Crippen LogP contribution in [0.4, 0.5) is 0 Å². The van der Waals surface area contributed by atoms with Gasteiger partial charge in [0.2, 0.25) is 5.91 Å². The Hall–Kier alpha value is -0.280. The second kappa shape index (κ2) is 4.57. The highest BCUT2D eigenvalue weighted by molar-refractivity contribution is 5.85. The predicted octanol–water partition coefficient (Wildman–Crippen LogP) is 0.805. The maximum atomic E-state index is 10.6. The van der Waals surface area contributed by atoms with Gasteiger partial charge in [0.1, 0.15) is 0 Å². The molecule has 0 aromatic carbocycles. The van der Waals surface area contributed by atoms with E-state index in [1.165, 1.54) is 0 Å². The lowest BCUT2D eigenvalue weighted by atomic mass is 9.92. The third-order valence-electron chi connectivity index (χ3n) is 1.33. The normalized spacial score (nSPS) is 11.0. The monoisotopic (exact) mass is 179 g/mol. The summed E-state index contributed by atoms with van der Waals surface area (Å²) in [5, 5.41) is 0. The molecule has 0 aliphatic carbocycles. The van der Waals surface area contributed by atoms with Gasteiger partial charge < -0.3 is 4.90 Å². The summed E-state index contributed by atoms with van der Waals surface area (Å²) in [6.45, 7) is 4.19. The standard InChI is InChI=1S/C7H15N2O.ClH/c1-7(2,6(8)10)5-9(3)4;/h8H,5H2,1-4H3;1H. The molecule has 0 bridgehead atoms. The van der Waals surface area contributed by atoms with Gasteiger partial charge in [-0.15, -0.1) is 12.4 Å². The Morgan fingerprint density at radius 3 is 1.91 bits per heavy atom. The molecule has 0 saturated heterocycles. The van der Waals surface area contributed by atoms with Gasteiger partial charge in [0, 0.05) is 6.54 Å². The number of carbonyl (C=O) groups excluding carboxylic acids is 1. The predicted molar refractivity (Wildman–Crippen MR) is 47.7 cm³/mol. The van der Waals surface area contributed by atoms with Crippen molar-refractivity contribution >= 4 is 18.3 Å². The zero-order chi connectivity index (χ0) is 8.36. The zero-order valence-electron chi connectivity index (χ0n) is 7.47. The Labute approximate surface area is 74.3 Å². The largest absolute Gasteiger partial charge is 0.308 e. The molecule has 11 heavy (non-hydrogen) atoms. The van der Waals surface area contributed by atoms with E-state index in [9.17, 15) is 4.79 Å². The maximum Gasteiger partial charge on any atom is 0.245 e. The van der Waals surface area contributed by atoms with Crippen LogP contribution in [0.2, 0.25) is 0 Å². The first-order chi connectivity index (χ1) is 4.36. The number of rotatable bonds is 3. The van der Waals surface area contributed by atoms with Gasteiger partial charge in [-0.2, -0.15) is 0 Å². The summed E-state index contributed by atoms with van der Waals surface area (Å²) in [4.78, 5) is 12.6. The highest BCUT2D eigenvalue weighted by Crippen LogP contribution is 2.14. The van der Waals surface area contributed by atoms with Crippen LogP contribution in [-0.2, 0) is 4.79 Å². The summed E-state index contributed by atoms with van der Waals surface area (Å²) < 4.78 is 0. The van der Waals surface area contributed by atoms with E-state index in [2.05, 4.69) is 0 Å². The lowest BCUT2D eigenvalue weighted by molar-refractivity contribution is -0.127. The zero-order valence-corrected chi connectivity index (χ0v) is 8.29. The van der Waals surface area contributed by atoms with Crippen LogP contribution in [-0.4, -0.2) is 31.4 Å². The Morgan fingerprint density at radius 2 is 1.82 bits per heavy atom. The van der Waals surface area contributed by atoms with Crippen molar-refractivity contribution in [1.29, 1.82) is 0 Å². The molecule has 0 atom stereocenters. The van der Waals surface area contributed by atoms with Crippen molar-refractivity contribution < 1.29 is 4.79 Å². The van der Waals surface area contributed by atoms with Crippen molar-refractivity contribution in [2.24, 2.45) is 5.41 Å². The molecule has 0 aromatic rings. The molecule has 0 rings (SSSR count). The topological polar surface area (TPSA) is 44.1 Å². The van der Waals surface area contributed by atoms with Crippen molar-refractivity contribution in [2.45, 2.75) is 13.8 Å². The first-order valence-electron chi connectivity index (χ1n) is 3.27. The van der Waals surface area contributed by atoms with E-state index in [4.69, 9.17) is 5.73 Å². The van der Waals surface area contributed by atoms with Crippen LogP contribution in [0.1, 0.15) is 13.8 Å².